The summed E-state index contributed by atoms with van der Waals surface area (Å²) in [5, 5.41) is 0. The summed E-state index contributed by atoms with van der Waals surface area (Å²) in [5.41, 5.74) is 6.44. The van der Waals surface area contributed by atoms with E-state index in [1.54, 1.807) is 24.4 Å². The summed E-state index contributed by atoms with van der Waals surface area (Å²) in [6, 6.07) is 9.18. The largest absolute Gasteiger partial charge is 0.389 e. The van der Waals surface area contributed by atoms with Gasteiger partial charge in [0.25, 0.3) is 5.56 Å². The smallest absolute Gasteiger partial charge is 0.250 e. The van der Waals surface area contributed by atoms with Crippen molar-refractivity contribution >= 4 is 17.2 Å². The molecular weight excluding hydrogens is 251 g/mol. The first-order valence-electron chi connectivity index (χ1n) is 5.31. The first kappa shape index (κ1) is 12.4. The third-order valence-corrected chi connectivity index (χ3v) is 2.73. The Morgan fingerprint density at radius 1 is 1.33 bits per heavy atom. The minimum atomic E-state index is -0.417. The molecule has 2 N–H and O–H groups in total. The minimum absolute atomic E-state index is 0.135. The first-order chi connectivity index (χ1) is 8.56. The van der Waals surface area contributed by atoms with Gasteiger partial charge in [0.05, 0.1) is 6.54 Å². The van der Waals surface area contributed by atoms with E-state index in [0.717, 1.165) is 0 Å². The zero-order valence-corrected chi connectivity index (χ0v) is 10.3. The van der Waals surface area contributed by atoms with E-state index >= 15 is 0 Å². The zero-order valence-electron chi connectivity index (χ0n) is 9.47. The molecular formula is C13H11FN2OS. The van der Waals surface area contributed by atoms with Gasteiger partial charge < -0.3 is 10.3 Å². The highest BCUT2D eigenvalue weighted by Crippen LogP contribution is 2.10. The topological polar surface area (TPSA) is 48.0 Å². The van der Waals surface area contributed by atoms with E-state index in [2.05, 4.69) is 0 Å². The van der Waals surface area contributed by atoms with E-state index < -0.39 is 5.82 Å². The predicted molar refractivity (Wildman–Crippen MR) is 72.1 cm³/mol. The zero-order chi connectivity index (χ0) is 13.1. The molecule has 0 aliphatic carbocycles. The maximum Gasteiger partial charge on any atom is 0.250 e. The van der Waals surface area contributed by atoms with Gasteiger partial charge in [0.2, 0.25) is 0 Å². The van der Waals surface area contributed by atoms with Crippen LogP contribution >= 0.6 is 12.2 Å². The SMILES string of the molecule is NC(=S)c1cc(F)cc(Cn2ccccc2=O)c1. The van der Waals surface area contributed by atoms with Crippen LogP contribution in [0.2, 0.25) is 0 Å². The highest BCUT2D eigenvalue weighted by molar-refractivity contribution is 7.80. The normalized spacial score (nSPS) is 10.3. The van der Waals surface area contributed by atoms with Crippen molar-refractivity contribution in [3.8, 4) is 0 Å². The molecule has 92 valence electrons. The monoisotopic (exact) mass is 262 g/mol. The fourth-order valence-corrected chi connectivity index (χ4v) is 1.79. The molecule has 0 amide bonds. The number of thiocarbonyl (C=S) groups is 1. The summed E-state index contributed by atoms with van der Waals surface area (Å²) in [4.78, 5) is 11.7. The molecule has 2 rings (SSSR count). The molecule has 0 aliphatic heterocycles. The molecule has 0 unspecified atom stereocenters. The van der Waals surface area contributed by atoms with Crippen LogP contribution in [0.1, 0.15) is 11.1 Å². The number of nitrogens with two attached hydrogens (primary N) is 1. The third-order valence-electron chi connectivity index (χ3n) is 2.49. The average molecular weight is 262 g/mol. The Balaban J connectivity index is 2.38. The van der Waals surface area contributed by atoms with E-state index in [4.69, 9.17) is 18.0 Å². The molecule has 0 atom stereocenters. The number of hydrogen-bond acceptors (Lipinski definition) is 2. The van der Waals surface area contributed by atoms with Crippen LogP contribution in [-0.4, -0.2) is 9.56 Å². The summed E-state index contributed by atoms with van der Waals surface area (Å²) >= 11 is 4.81. The summed E-state index contributed by atoms with van der Waals surface area (Å²) < 4.78 is 14.9. The van der Waals surface area contributed by atoms with Crippen LogP contribution in [0.5, 0.6) is 0 Å². The van der Waals surface area contributed by atoms with Gasteiger partial charge in [0.15, 0.2) is 0 Å². The summed E-state index contributed by atoms with van der Waals surface area (Å²) in [7, 11) is 0. The highest BCUT2D eigenvalue weighted by Gasteiger charge is 2.04. The molecule has 1 aromatic heterocycles. The van der Waals surface area contributed by atoms with Crippen LogP contribution in [0.4, 0.5) is 4.39 Å². The lowest BCUT2D eigenvalue weighted by Gasteiger charge is -2.07. The van der Waals surface area contributed by atoms with Crippen LogP contribution in [0.3, 0.4) is 0 Å². The molecule has 0 saturated carbocycles. The van der Waals surface area contributed by atoms with Gasteiger partial charge >= 0.3 is 0 Å². The van der Waals surface area contributed by atoms with E-state index in [1.165, 1.54) is 22.8 Å². The van der Waals surface area contributed by atoms with Gasteiger partial charge in [-0.25, -0.2) is 4.39 Å². The molecule has 0 spiro atoms. The van der Waals surface area contributed by atoms with E-state index in [0.29, 0.717) is 11.1 Å². The van der Waals surface area contributed by atoms with Crippen LogP contribution in [0.25, 0.3) is 0 Å². The Hall–Kier alpha value is -2.01. The van der Waals surface area contributed by atoms with Crippen LogP contribution in [0, 0.1) is 5.82 Å². The molecule has 2 aromatic rings. The summed E-state index contributed by atoms with van der Waals surface area (Å²) in [6.45, 7) is 0.285. The van der Waals surface area contributed by atoms with Crippen LogP contribution in [0.15, 0.2) is 47.4 Å². The van der Waals surface area contributed by atoms with Crippen molar-refractivity contribution in [2.45, 2.75) is 6.54 Å². The van der Waals surface area contributed by atoms with E-state index in [9.17, 15) is 9.18 Å². The van der Waals surface area contributed by atoms with Crippen molar-refractivity contribution in [2.75, 3.05) is 0 Å². The van der Waals surface area contributed by atoms with Crippen molar-refractivity contribution in [2.24, 2.45) is 5.73 Å². The number of benzene rings is 1. The maximum atomic E-state index is 13.4. The van der Waals surface area contributed by atoms with Gasteiger partial charge in [-0.1, -0.05) is 18.3 Å². The number of aromatic nitrogens is 1. The Morgan fingerprint density at radius 2 is 2.11 bits per heavy atom. The summed E-state index contributed by atoms with van der Waals surface area (Å²) in [6.07, 6.45) is 1.65. The maximum absolute atomic E-state index is 13.4. The second-order valence-corrected chi connectivity index (χ2v) is 4.32. The molecule has 0 radical (unpaired) electrons. The first-order valence-corrected chi connectivity index (χ1v) is 5.72. The van der Waals surface area contributed by atoms with E-state index in [-0.39, 0.29) is 17.1 Å². The molecule has 1 heterocycles. The minimum Gasteiger partial charge on any atom is -0.389 e. The highest BCUT2D eigenvalue weighted by atomic mass is 32.1. The number of rotatable bonds is 3. The van der Waals surface area contributed by atoms with Crippen molar-refractivity contribution in [1.82, 2.24) is 4.57 Å². The number of nitrogens with zero attached hydrogens (tertiary/aromatic N) is 1. The Morgan fingerprint density at radius 3 is 2.78 bits per heavy atom. The van der Waals surface area contributed by atoms with Crippen molar-refractivity contribution in [3.63, 3.8) is 0 Å². The van der Waals surface area contributed by atoms with E-state index in [1.807, 2.05) is 0 Å². The van der Waals surface area contributed by atoms with Gasteiger partial charge in [-0.15, -0.1) is 0 Å². The van der Waals surface area contributed by atoms with Crippen LogP contribution in [-0.2, 0) is 6.54 Å². The predicted octanol–water partition coefficient (Wildman–Crippen LogP) is 1.67. The van der Waals surface area contributed by atoms with Crippen molar-refractivity contribution in [1.29, 1.82) is 0 Å². The number of hydrogen-bond donors (Lipinski definition) is 1. The van der Waals surface area contributed by atoms with Gasteiger partial charge in [-0.2, -0.15) is 0 Å². The second-order valence-electron chi connectivity index (χ2n) is 3.88. The van der Waals surface area contributed by atoms with Crippen molar-refractivity contribution in [3.05, 3.63) is 69.9 Å². The number of halogens is 1. The number of pyridine rings is 1. The third kappa shape index (κ3) is 2.81. The lowest BCUT2D eigenvalue weighted by Crippen LogP contribution is -2.19. The molecule has 18 heavy (non-hydrogen) atoms. The molecule has 1 aromatic carbocycles. The Labute approximate surface area is 109 Å². The molecule has 0 bridgehead atoms. The Bertz CT molecular complexity index is 651. The second kappa shape index (κ2) is 5.10. The fourth-order valence-electron chi connectivity index (χ4n) is 1.67. The Kier molecular flexibility index (Phi) is 3.53. The molecule has 0 fully saturated rings. The summed E-state index contributed by atoms with van der Waals surface area (Å²) in [5.74, 6) is -0.417. The van der Waals surface area contributed by atoms with Gasteiger partial charge in [-0.3, -0.25) is 4.79 Å². The molecule has 0 aliphatic rings. The average Bonchev–Trinajstić information content (AvgIpc) is 2.31. The lowest BCUT2D eigenvalue weighted by molar-refractivity contribution is 0.622. The lowest BCUT2D eigenvalue weighted by atomic mass is 10.1. The van der Waals surface area contributed by atoms with Crippen molar-refractivity contribution < 1.29 is 4.39 Å². The van der Waals surface area contributed by atoms with Gasteiger partial charge in [0.1, 0.15) is 10.8 Å². The van der Waals surface area contributed by atoms with Crippen LogP contribution < -0.4 is 11.3 Å². The molecule has 0 saturated heterocycles. The van der Waals surface area contributed by atoms with Gasteiger partial charge in [0, 0.05) is 17.8 Å². The van der Waals surface area contributed by atoms with Gasteiger partial charge in [-0.05, 0) is 29.8 Å². The molecule has 3 nitrogen and oxygen atoms in total. The quantitative estimate of drug-likeness (QED) is 0.856. The molecule has 5 heteroatoms. The fraction of sp³-hybridized carbons (Fsp3) is 0.0769. The standard InChI is InChI=1S/C13H11FN2OS/c14-11-6-9(5-10(7-11)13(15)18)8-16-4-2-1-3-12(16)17/h1-7H,8H2,(H2,15,18).